The van der Waals surface area contributed by atoms with E-state index in [2.05, 4.69) is 0 Å². The lowest BCUT2D eigenvalue weighted by Crippen LogP contribution is -2.20. The van der Waals surface area contributed by atoms with E-state index in [1.165, 1.54) is 23.5 Å². The summed E-state index contributed by atoms with van der Waals surface area (Å²) in [5.41, 5.74) is 0.834. The first-order valence-corrected chi connectivity index (χ1v) is 5.43. The monoisotopic (exact) mass is 239 g/mol. The summed E-state index contributed by atoms with van der Waals surface area (Å²) in [5, 5.41) is 22.2. The molecule has 2 aromatic rings. The third-order valence-electron chi connectivity index (χ3n) is 1.92. The Hall–Kier alpha value is -1.95. The van der Waals surface area contributed by atoms with E-state index in [0.717, 1.165) is 5.56 Å². The average molecular weight is 239 g/mol. The van der Waals surface area contributed by atoms with Gasteiger partial charge in [0.1, 0.15) is 0 Å². The molecular weight excluding hydrogens is 230 g/mol. The maximum atomic E-state index is 11.4. The zero-order valence-corrected chi connectivity index (χ0v) is 8.98. The molecular formula is C10H9NO4S. The van der Waals surface area contributed by atoms with Crippen LogP contribution in [0.4, 0.5) is 0 Å². The van der Waals surface area contributed by atoms with Gasteiger partial charge in [-0.3, -0.25) is 0 Å². The Kier molecular flexibility index (Phi) is 2.82. The fourth-order valence-corrected chi connectivity index (χ4v) is 1.86. The zero-order chi connectivity index (χ0) is 11.5. The minimum atomic E-state index is -0.555. The molecule has 2 heterocycles. The van der Waals surface area contributed by atoms with Gasteiger partial charge in [0.2, 0.25) is 11.8 Å². The molecule has 0 radical (unpaired) electrons. The second-order valence-electron chi connectivity index (χ2n) is 3.12. The minimum absolute atomic E-state index is 0.0978. The summed E-state index contributed by atoms with van der Waals surface area (Å²) in [5.74, 6) is -1.20. The Labute approximate surface area is 95.1 Å². The van der Waals surface area contributed by atoms with Crippen molar-refractivity contribution in [3.05, 3.63) is 34.5 Å². The SMILES string of the molecule is O=C(Cc1ccsc1)On1c(O)ccc1O. The molecule has 2 aromatic heterocycles. The minimum Gasteiger partial charge on any atom is -0.492 e. The first-order valence-electron chi connectivity index (χ1n) is 4.49. The van der Waals surface area contributed by atoms with Crippen LogP contribution in [0.3, 0.4) is 0 Å². The summed E-state index contributed by atoms with van der Waals surface area (Å²) >= 11 is 1.48. The smallest absolute Gasteiger partial charge is 0.337 e. The molecule has 0 aliphatic carbocycles. The molecule has 0 amide bonds. The number of hydrogen-bond donors (Lipinski definition) is 2. The number of carbonyl (C=O) groups is 1. The maximum absolute atomic E-state index is 11.4. The van der Waals surface area contributed by atoms with Crippen LogP contribution in [0.15, 0.2) is 29.0 Å². The molecule has 2 N–H and O–H groups in total. The maximum Gasteiger partial charge on any atom is 0.337 e. The molecule has 2 rings (SSSR count). The Morgan fingerprint density at radius 3 is 2.56 bits per heavy atom. The van der Waals surface area contributed by atoms with Crippen molar-refractivity contribution in [1.29, 1.82) is 0 Å². The molecule has 0 fully saturated rings. The van der Waals surface area contributed by atoms with Crippen molar-refractivity contribution in [2.45, 2.75) is 6.42 Å². The van der Waals surface area contributed by atoms with Crippen molar-refractivity contribution in [2.75, 3.05) is 0 Å². The predicted octanol–water partition coefficient (Wildman–Crippen LogP) is 1.16. The third kappa shape index (κ3) is 2.17. The van der Waals surface area contributed by atoms with Gasteiger partial charge >= 0.3 is 5.97 Å². The van der Waals surface area contributed by atoms with E-state index in [-0.39, 0.29) is 18.2 Å². The van der Waals surface area contributed by atoms with Crippen LogP contribution in [0, 0.1) is 0 Å². The van der Waals surface area contributed by atoms with Gasteiger partial charge in [-0.05, 0) is 22.4 Å². The van der Waals surface area contributed by atoms with Gasteiger partial charge in [-0.25, -0.2) is 4.79 Å². The van der Waals surface area contributed by atoms with Crippen LogP contribution in [-0.2, 0) is 11.2 Å². The average Bonchev–Trinajstić information content (AvgIpc) is 2.83. The quantitative estimate of drug-likeness (QED) is 0.843. The van der Waals surface area contributed by atoms with Crippen LogP contribution in [0.2, 0.25) is 0 Å². The Bertz CT molecular complexity index is 469. The molecule has 6 heteroatoms. The van der Waals surface area contributed by atoms with Gasteiger partial charge in [0, 0.05) is 12.1 Å². The van der Waals surface area contributed by atoms with E-state index < -0.39 is 5.97 Å². The lowest BCUT2D eigenvalue weighted by Gasteiger charge is -2.05. The molecule has 0 aromatic carbocycles. The van der Waals surface area contributed by atoms with Crippen molar-refractivity contribution >= 4 is 17.3 Å². The van der Waals surface area contributed by atoms with Crippen LogP contribution >= 0.6 is 11.3 Å². The van der Waals surface area contributed by atoms with Crippen LogP contribution in [0.5, 0.6) is 11.8 Å². The van der Waals surface area contributed by atoms with Gasteiger partial charge in [-0.2, -0.15) is 11.3 Å². The highest BCUT2D eigenvalue weighted by atomic mass is 32.1. The summed E-state index contributed by atoms with van der Waals surface area (Å²) in [7, 11) is 0. The van der Waals surface area contributed by atoms with E-state index in [1.807, 2.05) is 10.8 Å². The lowest BCUT2D eigenvalue weighted by molar-refractivity contribution is -0.144. The van der Waals surface area contributed by atoms with Gasteiger partial charge in [0.05, 0.1) is 6.42 Å². The normalized spacial score (nSPS) is 10.2. The van der Waals surface area contributed by atoms with Crippen molar-refractivity contribution < 1.29 is 19.8 Å². The van der Waals surface area contributed by atoms with Gasteiger partial charge in [-0.1, -0.05) is 0 Å². The molecule has 0 saturated heterocycles. The molecule has 84 valence electrons. The molecule has 5 nitrogen and oxygen atoms in total. The summed E-state index contributed by atoms with van der Waals surface area (Å²) in [6.07, 6.45) is 0.0978. The molecule has 0 unspecified atom stereocenters. The van der Waals surface area contributed by atoms with Gasteiger partial charge in [0.25, 0.3) is 0 Å². The Morgan fingerprint density at radius 2 is 2.00 bits per heavy atom. The number of carbonyl (C=O) groups excluding carboxylic acids is 1. The highest BCUT2D eigenvalue weighted by Crippen LogP contribution is 2.19. The van der Waals surface area contributed by atoms with Gasteiger partial charge < -0.3 is 15.1 Å². The summed E-state index contributed by atoms with van der Waals surface area (Å²) in [4.78, 5) is 16.2. The molecule has 0 saturated carbocycles. The second-order valence-corrected chi connectivity index (χ2v) is 3.90. The van der Waals surface area contributed by atoms with E-state index in [9.17, 15) is 15.0 Å². The molecule has 0 atom stereocenters. The summed E-state index contributed by atoms with van der Waals surface area (Å²) in [6.45, 7) is 0. The number of nitrogens with zero attached hydrogens (tertiary/aromatic N) is 1. The summed E-state index contributed by atoms with van der Waals surface area (Å²) in [6, 6.07) is 4.27. The predicted molar refractivity (Wildman–Crippen MR) is 57.4 cm³/mol. The van der Waals surface area contributed by atoms with Gasteiger partial charge in [0.15, 0.2) is 0 Å². The second kappa shape index (κ2) is 4.28. The van der Waals surface area contributed by atoms with Gasteiger partial charge in [-0.15, -0.1) is 4.73 Å². The zero-order valence-electron chi connectivity index (χ0n) is 8.16. The van der Waals surface area contributed by atoms with Crippen LogP contribution in [0.25, 0.3) is 0 Å². The fourth-order valence-electron chi connectivity index (χ4n) is 1.19. The van der Waals surface area contributed by atoms with Crippen molar-refractivity contribution in [3.8, 4) is 11.8 Å². The highest BCUT2D eigenvalue weighted by molar-refractivity contribution is 7.07. The van der Waals surface area contributed by atoms with Crippen molar-refractivity contribution in [2.24, 2.45) is 0 Å². The van der Waals surface area contributed by atoms with Crippen molar-refractivity contribution in [1.82, 2.24) is 4.73 Å². The molecule has 0 aliphatic rings. The Balaban J connectivity index is 2.03. The van der Waals surface area contributed by atoms with E-state index in [0.29, 0.717) is 4.73 Å². The third-order valence-corrected chi connectivity index (χ3v) is 2.65. The molecule has 0 aliphatic heterocycles. The van der Waals surface area contributed by atoms with Crippen LogP contribution in [-0.4, -0.2) is 20.9 Å². The topological polar surface area (TPSA) is 71.7 Å². The molecule has 16 heavy (non-hydrogen) atoms. The molecule has 0 bridgehead atoms. The van der Waals surface area contributed by atoms with Crippen LogP contribution in [0.1, 0.15) is 5.56 Å². The lowest BCUT2D eigenvalue weighted by atomic mass is 10.2. The number of rotatable bonds is 3. The number of hydrogen-bond acceptors (Lipinski definition) is 5. The summed E-state index contributed by atoms with van der Waals surface area (Å²) < 4.78 is 0.675. The Morgan fingerprint density at radius 1 is 1.31 bits per heavy atom. The first-order chi connectivity index (χ1) is 7.66. The standard InChI is InChI=1S/C10H9NO4S/c12-8-1-2-9(13)11(8)15-10(14)5-7-3-4-16-6-7/h1-4,6,12-13H,5H2. The van der Waals surface area contributed by atoms with E-state index in [1.54, 1.807) is 6.07 Å². The van der Waals surface area contributed by atoms with Crippen LogP contribution < -0.4 is 4.84 Å². The highest BCUT2D eigenvalue weighted by Gasteiger charge is 2.12. The number of aromatic nitrogens is 1. The number of thiophene rings is 1. The largest absolute Gasteiger partial charge is 0.492 e. The van der Waals surface area contributed by atoms with E-state index >= 15 is 0 Å². The first kappa shape index (κ1) is 10.6. The molecule has 0 spiro atoms. The van der Waals surface area contributed by atoms with E-state index in [4.69, 9.17) is 4.84 Å². The van der Waals surface area contributed by atoms with Crippen molar-refractivity contribution in [3.63, 3.8) is 0 Å². The fraction of sp³-hybridized carbons (Fsp3) is 0.100. The number of aromatic hydroxyl groups is 2.